The highest BCUT2D eigenvalue weighted by molar-refractivity contribution is 6.07. The number of nitrogens with one attached hydrogen (secondary N) is 2. The van der Waals surface area contributed by atoms with Crippen molar-refractivity contribution in [1.82, 2.24) is 25.5 Å². The number of amides is 4. The summed E-state index contributed by atoms with van der Waals surface area (Å²) in [5.74, 6) is -0.110. The molecule has 1 saturated carbocycles. The van der Waals surface area contributed by atoms with Gasteiger partial charge in [-0.15, -0.1) is 0 Å². The molecule has 3 heterocycles. The quantitative estimate of drug-likeness (QED) is 0.668. The van der Waals surface area contributed by atoms with Crippen LogP contribution in [-0.2, 0) is 9.59 Å². The molecular formula is C23H26N6O3. The summed E-state index contributed by atoms with van der Waals surface area (Å²) >= 11 is 0. The van der Waals surface area contributed by atoms with Crippen LogP contribution >= 0.6 is 0 Å². The summed E-state index contributed by atoms with van der Waals surface area (Å²) in [5.41, 5.74) is 2.23. The second-order valence-corrected chi connectivity index (χ2v) is 8.70. The molecule has 3 aliphatic rings. The topological polar surface area (TPSA) is 108 Å². The fraction of sp³-hybridized carbons (Fsp3) is 0.435. The van der Waals surface area contributed by atoms with Crippen LogP contribution in [0.4, 0.5) is 10.5 Å². The molecule has 166 valence electrons. The zero-order valence-electron chi connectivity index (χ0n) is 17.8. The van der Waals surface area contributed by atoms with Crippen LogP contribution in [0.25, 0.3) is 11.1 Å². The van der Waals surface area contributed by atoms with E-state index in [-0.39, 0.29) is 24.2 Å². The van der Waals surface area contributed by atoms with Gasteiger partial charge in [-0.05, 0) is 42.9 Å². The smallest absolute Gasteiger partial charge is 0.322 e. The standard InChI is InChI=1S/C23H26N6O3/c30-20(6-7-23(18-4-5-18)21(31)26-22(32)27-23)29-10-8-28(9-11-29)19-3-1-2-16(12-19)17-13-24-15-25-14-17/h1-3,12-15,18H,4-11H2,(H2,26,27,31,32). The van der Waals surface area contributed by atoms with Crippen molar-refractivity contribution in [3.05, 3.63) is 43.0 Å². The molecule has 3 fully saturated rings. The van der Waals surface area contributed by atoms with Gasteiger partial charge in [0.05, 0.1) is 0 Å². The van der Waals surface area contributed by atoms with Gasteiger partial charge in [-0.1, -0.05) is 12.1 Å². The van der Waals surface area contributed by atoms with Gasteiger partial charge in [-0.2, -0.15) is 0 Å². The van der Waals surface area contributed by atoms with Crippen molar-refractivity contribution in [1.29, 1.82) is 0 Å². The highest BCUT2D eigenvalue weighted by atomic mass is 16.2. The van der Waals surface area contributed by atoms with Crippen molar-refractivity contribution in [2.45, 2.75) is 31.2 Å². The monoisotopic (exact) mass is 434 g/mol. The third-order valence-corrected chi connectivity index (χ3v) is 6.71. The van der Waals surface area contributed by atoms with Crippen molar-refractivity contribution in [3.63, 3.8) is 0 Å². The first-order chi connectivity index (χ1) is 15.5. The number of urea groups is 1. The van der Waals surface area contributed by atoms with E-state index in [2.05, 4.69) is 37.6 Å². The number of carbonyl (C=O) groups is 3. The Balaban J connectivity index is 1.18. The van der Waals surface area contributed by atoms with Crippen LogP contribution in [0.1, 0.15) is 25.7 Å². The first-order valence-electron chi connectivity index (χ1n) is 11.1. The number of piperazine rings is 1. The molecule has 2 saturated heterocycles. The van der Waals surface area contributed by atoms with Crippen molar-refractivity contribution in [2.24, 2.45) is 5.92 Å². The first kappa shape index (κ1) is 20.4. The Labute approximate surface area is 186 Å². The number of imide groups is 1. The van der Waals surface area contributed by atoms with Crippen molar-refractivity contribution in [3.8, 4) is 11.1 Å². The highest BCUT2D eigenvalue weighted by Gasteiger charge is 2.55. The SMILES string of the molecule is O=C1NC(=O)C(CCC(=O)N2CCN(c3cccc(-c4cncnc4)c3)CC2)(C2CC2)N1. The number of carbonyl (C=O) groups excluding carboxylic acids is 3. The van der Waals surface area contributed by atoms with Gasteiger partial charge in [0.15, 0.2) is 0 Å². The van der Waals surface area contributed by atoms with E-state index in [0.29, 0.717) is 19.5 Å². The molecule has 1 unspecified atom stereocenters. The van der Waals surface area contributed by atoms with Gasteiger partial charge < -0.3 is 15.1 Å². The highest BCUT2D eigenvalue weighted by Crippen LogP contribution is 2.43. The molecule has 1 aromatic heterocycles. The van der Waals surface area contributed by atoms with Gasteiger partial charge in [0.1, 0.15) is 11.9 Å². The molecule has 0 radical (unpaired) electrons. The molecule has 9 nitrogen and oxygen atoms in total. The lowest BCUT2D eigenvalue weighted by molar-refractivity contribution is -0.132. The first-order valence-corrected chi connectivity index (χ1v) is 11.1. The summed E-state index contributed by atoms with van der Waals surface area (Å²) in [7, 11) is 0. The van der Waals surface area contributed by atoms with Crippen molar-refractivity contribution in [2.75, 3.05) is 31.1 Å². The number of hydrogen-bond acceptors (Lipinski definition) is 6. The van der Waals surface area contributed by atoms with Crippen LogP contribution in [0.3, 0.4) is 0 Å². The molecule has 2 N–H and O–H groups in total. The van der Waals surface area contributed by atoms with Gasteiger partial charge in [0, 0.05) is 56.2 Å². The van der Waals surface area contributed by atoms with Crippen LogP contribution in [0.2, 0.25) is 0 Å². The fourth-order valence-corrected chi connectivity index (χ4v) is 4.76. The summed E-state index contributed by atoms with van der Waals surface area (Å²) in [4.78, 5) is 49.2. The maximum Gasteiger partial charge on any atom is 0.322 e. The molecule has 1 aliphatic carbocycles. The number of aromatic nitrogens is 2. The van der Waals surface area contributed by atoms with E-state index >= 15 is 0 Å². The Hall–Kier alpha value is -3.49. The van der Waals surface area contributed by atoms with Gasteiger partial charge in [0.2, 0.25) is 5.91 Å². The van der Waals surface area contributed by atoms with E-state index < -0.39 is 11.6 Å². The number of nitrogens with zero attached hydrogens (tertiary/aromatic N) is 4. The van der Waals surface area contributed by atoms with Crippen molar-refractivity contribution >= 4 is 23.5 Å². The Bertz CT molecular complexity index is 1030. The fourth-order valence-electron chi connectivity index (χ4n) is 4.76. The zero-order valence-corrected chi connectivity index (χ0v) is 17.8. The lowest BCUT2D eigenvalue weighted by Gasteiger charge is -2.37. The van der Waals surface area contributed by atoms with Crippen LogP contribution in [0.15, 0.2) is 43.0 Å². The number of rotatable bonds is 6. The molecule has 5 rings (SSSR count). The predicted octanol–water partition coefficient (Wildman–Crippen LogP) is 1.56. The van der Waals surface area contributed by atoms with E-state index in [1.807, 2.05) is 17.0 Å². The Morgan fingerprint density at radius 3 is 2.47 bits per heavy atom. The normalized spacial score (nSPS) is 23.1. The molecule has 0 spiro atoms. The minimum atomic E-state index is -0.907. The minimum Gasteiger partial charge on any atom is -0.368 e. The Morgan fingerprint density at radius 1 is 1.06 bits per heavy atom. The molecule has 1 aromatic carbocycles. The minimum absolute atomic E-state index is 0.0359. The predicted molar refractivity (Wildman–Crippen MR) is 118 cm³/mol. The second-order valence-electron chi connectivity index (χ2n) is 8.70. The molecule has 9 heteroatoms. The summed E-state index contributed by atoms with van der Waals surface area (Å²) in [6.07, 6.45) is 7.55. The summed E-state index contributed by atoms with van der Waals surface area (Å²) in [6, 6.07) is 7.80. The van der Waals surface area contributed by atoms with E-state index in [9.17, 15) is 14.4 Å². The van der Waals surface area contributed by atoms with Gasteiger partial charge >= 0.3 is 6.03 Å². The van der Waals surface area contributed by atoms with E-state index in [0.717, 1.165) is 42.7 Å². The summed E-state index contributed by atoms with van der Waals surface area (Å²) in [6.45, 7) is 2.75. The Kier molecular flexibility index (Phi) is 5.24. The van der Waals surface area contributed by atoms with Gasteiger partial charge in [-0.25, -0.2) is 14.8 Å². The number of hydrogen-bond donors (Lipinski definition) is 2. The average Bonchev–Trinajstić information content (AvgIpc) is 3.64. The summed E-state index contributed by atoms with van der Waals surface area (Å²) < 4.78 is 0. The van der Waals surface area contributed by atoms with Crippen LogP contribution in [-0.4, -0.2) is 64.4 Å². The molecule has 4 amide bonds. The summed E-state index contributed by atoms with van der Waals surface area (Å²) in [5, 5.41) is 5.14. The molecule has 1 atom stereocenters. The molecule has 2 aliphatic heterocycles. The van der Waals surface area contributed by atoms with Gasteiger partial charge in [-0.3, -0.25) is 14.9 Å². The maximum atomic E-state index is 12.9. The zero-order chi connectivity index (χ0) is 22.1. The lowest BCUT2D eigenvalue weighted by Crippen LogP contribution is -2.51. The van der Waals surface area contributed by atoms with Crippen LogP contribution < -0.4 is 15.5 Å². The third kappa shape index (κ3) is 3.90. The van der Waals surface area contributed by atoms with Gasteiger partial charge in [0.25, 0.3) is 5.91 Å². The Morgan fingerprint density at radius 2 is 1.81 bits per heavy atom. The number of anilines is 1. The third-order valence-electron chi connectivity index (χ3n) is 6.71. The van der Waals surface area contributed by atoms with Crippen LogP contribution in [0, 0.1) is 5.92 Å². The number of benzene rings is 1. The molecule has 2 aromatic rings. The maximum absolute atomic E-state index is 12.9. The van der Waals surface area contributed by atoms with E-state index in [4.69, 9.17) is 0 Å². The van der Waals surface area contributed by atoms with Crippen molar-refractivity contribution < 1.29 is 14.4 Å². The molecule has 32 heavy (non-hydrogen) atoms. The van der Waals surface area contributed by atoms with Crippen LogP contribution in [0.5, 0.6) is 0 Å². The molecule has 0 bridgehead atoms. The largest absolute Gasteiger partial charge is 0.368 e. The second kappa shape index (κ2) is 8.22. The lowest BCUT2D eigenvalue weighted by atomic mass is 9.87. The van der Waals surface area contributed by atoms with E-state index in [1.54, 1.807) is 12.4 Å². The average molecular weight is 435 g/mol. The molecular weight excluding hydrogens is 408 g/mol. The van der Waals surface area contributed by atoms with E-state index in [1.165, 1.54) is 6.33 Å².